The van der Waals surface area contributed by atoms with Crippen LogP contribution in [0.3, 0.4) is 0 Å². The van der Waals surface area contributed by atoms with Crippen LogP contribution in [-0.2, 0) is 4.74 Å². The third-order valence-corrected chi connectivity index (χ3v) is 2.91. The Morgan fingerprint density at radius 2 is 1.61 bits per heavy atom. The summed E-state index contributed by atoms with van der Waals surface area (Å²) < 4.78 is 5.23. The van der Waals surface area contributed by atoms with Crippen molar-refractivity contribution in [1.82, 2.24) is 10.6 Å². The molecule has 0 saturated heterocycles. The van der Waals surface area contributed by atoms with E-state index in [4.69, 9.17) is 22.7 Å². The fourth-order valence-corrected chi connectivity index (χ4v) is 2.22. The summed E-state index contributed by atoms with van der Waals surface area (Å²) in [7, 11) is 0. The number of nitrogens with two attached hydrogens (primary N) is 1. The number of amides is 1. The predicted octanol–water partition coefficient (Wildman–Crippen LogP) is 1.66. The zero-order valence-electron chi connectivity index (χ0n) is 11.3. The predicted molar refractivity (Wildman–Crippen MR) is 75.3 cm³/mol. The lowest BCUT2D eigenvalue weighted by molar-refractivity contribution is 0.0490. The molecule has 0 aromatic heterocycles. The van der Waals surface area contributed by atoms with E-state index in [0.29, 0.717) is 11.2 Å². The molecule has 1 aliphatic rings. The van der Waals surface area contributed by atoms with Crippen molar-refractivity contribution < 1.29 is 9.53 Å². The van der Waals surface area contributed by atoms with Crippen LogP contribution in [0.1, 0.15) is 46.5 Å². The van der Waals surface area contributed by atoms with Crippen LogP contribution in [0.15, 0.2) is 0 Å². The molecule has 1 amide bonds. The van der Waals surface area contributed by atoms with Gasteiger partial charge in [-0.25, -0.2) is 4.79 Å². The first-order chi connectivity index (χ1) is 8.26. The van der Waals surface area contributed by atoms with Crippen molar-refractivity contribution in [3.63, 3.8) is 0 Å². The molecule has 104 valence electrons. The number of alkyl carbamates (subject to hydrolysis) is 1. The number of thiocarbonyl (C=S) groups is 1. The molecule has 1 fully saturated rings. The second-order valence-corrected chi connectivity index (χ2v) is 6.14. The third kappa shape index (κ3) is 6.05. The Morgan fingerprint density at radius 1 is 1.17 bits per heavy atom. The highest BCUT2D eigenvalue weighted by Crippen LogP contribution is 2.19. The SMILES string of the molecule is CC(C)(C)OC(=O)N[C@H]1CC[C@H](NC(N)=S)CC1. The molecule has 18 heavy (non-hydrogen) atoms. The van der Waals surface area contributed by atoms with Gasteiger partial charge in [0.05, 0.1) is 0 Å². The van der Waals surface area contributed by atoms with E-state index in [9.17, 15) is 4.79 Å². The number of nitrogens with one attached hydrogen (secondary N) is 2. The first-order valence-electron chi connectivity index (χ1n) is 6.32. The van der Waals surface area contributed by atoms with Crippen molar-refractivity contribution >= 4 is 23.4 Å². The topological polar surface area (TPSA) is 76.4 Å². The minimum Gasteiger partial charge on any atom is -0.444 e. The lowest BCUT2D eigenvalue weighted by atomic mass is 9.91. The summed E-state index contributed by atoms with van der Waals surface area (Å²) in [6.45, 7) is 5.57. The van der Waals surface area contributed by atoms with Crippen molar-refractivity contribution in [2.45, 2.75) is 64.1 Å². The molecule has 5 nitrogen and oxygen atoms in total. The molecule has 6 heteroatoms. The molecule has 4 N–H and O–H groups in total. The Morgan fingerprint density at radius 3 is 2.00 bits per heavy atom. The second kappa shape index (κ2) is 6.22. The Labute approximate surface area is 114 Å². The van der Waals surface area contributed by atoms with Crippen molar-refractivity contribution in [3.8, 4) is 0 Å². The van der Waals surface area contributed by atoms with E-state index in [1.54, 1.807) is 0 Å². The van der Waals surface area contributed by atoms with Gasteiger partial charge in [0, 0.05) is 12.1 Å². The zero-order chi connectivity index (χ0) is 13.8. The number of hydrogen-bond donors (Lipinski definition) is 3. The fourth-order valence-electron chi connectivity index (χ4n) is 2.06. The van der Waals surface area contributed by atoms with Gasteiger partial charge in [-0.15, -0.1) is 0 Å². The Kier molecular flexibility index (Phi) is 5.19. The number of carbonyl (C=O) groups excluding carboxylic acids is 1. The van der Waals surface area contributed by atoms with Gasteiger partial charge in [0.25, 0.3) is 0 Å². The van der Waals surface area contributed by atoms with Crippen LogP contribution in [0.5, 0.6) is 0 Å². The number of ether oxygens (including phenoxy) is 1. The largest absolute Gasteiger partial charge is 0.444 e. The first kappa shape index (κ1) is 15.0. The standard InChI is InChI=1S/C12H23N3O2S/c1-12(2,3)17-11(16)15-9-6-4-8(5-7-9)14-10(13)18/h8-9H,4-7H2,1-3H3,(H,15,16)(H3,13,14,18)/t8-,9-. The van der Waals surface area contributed by atoms with Crippen LogP contribution in [0.4, 0.5) is 4.79 Å². The first-order valence-corrected chi connectivity index (χ1v) is 6.72. The van der Waals surface area contributed by atoms with Crippen LogP contribution >= 0.6 is 12.2 Å². The number of rotatable bonds is 2. The lowest BCUT2D eigenvalue weighted by Crippen LogP contribution is -2.46. The van der Waals surface area contributed by atoms with E-state index in [2.05, 4.69) is 10.6 Å². The molecule has 0 bridgehead atoms. The highest BCUT2D eigenvalue weighted by atomic mass is 32.1. The normalized spacial score (nSPS) is 24.2. The van der Waals surface area contributed by atoms with Crippen molar-refractivity contribution in [2.24, 2.45) is 5.73 Å². The highest BCUT2D eigenvalue weighted by molar-refractivity contribution is 7.80. The molecule has 1 rings (SSSR count). The molecule has 0 atom stereocenters. The summed E-state index contributed by atoms with van der Waals surface area (Å²) in [5.41, 5.74) is 4.99. The molecule has 0 aromatic rings. The van der Waals surface area contributed by atoms with Gasteiger partial charge in [0.1, 0.15) is 5.60 Å². The molecular weight excluding hydrogens is 250 g/mol. The molecule has 0 radical (unpaired) electrons. The van der Waals surface area contributed by atoms with Gasteiger partial charge < -0.3 is 21.1 Å². The van der Waals surface area contributed by atoms with Crippen LogP contribution in [0.2, 0.25) is 0 Å². The smallest absolute Gasteiger partial charge is 0.407 e. The second-order valence-electron chi connectivity index (χ2n) is 5.70. The van der Waals surface area contributed by atoms with Crippen molar-refractivity contribution in [2.75, 3.05) is 0 Å². The van der Waals surface area contributed by atoms with Gasteiger partial charge >= 0.3 is 6.09 Å². The van der Waals surface area contributed by atoms with Crippen LogP contribution in [0, 0.1) is 0 Å². The van der Waals surface area contributed by atoms with E-state index in [0.717, 1.165) is 25.7 Å². The fraction of sp³-hybridized carbons (Fsp3) is 0.833. The molecule has 0 spiro atoms. The molecule has 0 heterocycles. The number of hydrogen-bond acceptors (Lipinski definition) is 3. The Bertz CT molecular complexity index is 307. The zero-order valence-corrected chi connectivity index (χ0v) is 12.1. The summed E-state index contributed by atoms with van der Waals surface area (Å²) in [4.78, 5) is 11.6. The van der Waals surface area contributed by atoms with Crippen molar-refractivity contribution in [1.29, 1.82) is 0 Å². The van der Waals surface area contributed by atoms with Gasteiger partial charge in [-0.2, -0.15) is 0 Å². The summed E-state index contributed by atoms with van der Waals surface area (Å²) in [6.07, 6.45) is 3.41. The monoisotopic (exact) mass is 273 g/mol. The van der Waals surface area contributed by atoms with Gasteiger partial charge in [-0.1, -0.05) is 0 Å². The molecule has 0 aromatic carbocycles. The molecule has 0 unspecified atom stereocenters. The molecule has 1 saturated carbocycles. The lowest BCUT2D eigenvalue weighted by Gasteiger charge is -2.30. The summed E-state index contributed by atoms with van der Waals surface area (Å²) >= 11 is 4.81. The minimum absolute atomic E-state index is 0.184. The van der Waals surface area contributed by atoms with E-state index in [1.165, 1.54) is 0 Å². The summed E-state index contributed by atoms with van der Waals surface area (Å²) in [5.74, 6) is 0. The molecular formula is C12H23N3O2S. The van der Waals surface area contributed by atoms with E-state index >= 15 is 0 Å². The van der Waals surface area contributed by atoms with E-state index in [1.807, 2.05) is 20.8 Å². The van der Waals surface area contributed by atoms with Gasteiger partial charge in [-0.05, 0) is 58.7 Å². The van der Waals surface area contributed by atoms with Gasteiger partial charge in [-0.3, -0.25) is 0 Å². The molecule has 0 aliphatic heterocycles. The minimum atomic E-state index is -0.450. The van der Waals surface area contributed by atoms with E-state index in [-0.39, 0.29) is 12.1 Å². The number of carbonyl (C=O) groups is 1. The van der Waals surface area contributed by atoms with Crippen molar-refractivity contribution in [3.05, 3.63) is 0 Å². The van der Waals surface area contributed by atoms with Gasteiger partial charge in [0.2, 0.25) is 0 Å². The highest BCUT2D eigenvalue weighted by Gasteiger charge is 2.24. The summed E-state index contributed by atoms with van der Waals surface area (Å²) in [5, 5.41) is 6.30. The van der Waals surface area contributed by atoms with Crippen LogP contribution in [0.25, 0.3) is 0 Å². The average molecular weight is 273 g/mol. The maximum absolute atomic E-state index is 11.6. The van der Waals surface area contributed by atoms with Gasteiger partial charge in [0.15, 0.2) is 5.11 Å². The summed E-state index contributed by atoms with van der Waals surface area (Å²) in [6, 6.07) is 0.517. The Balaban J connectivity index is 2.27. The maximum Gasteiger partial charge on any atom is 0.407 e. The quantitative estimate of drug-likeness (QED) is 0.667. The third-order valence-electron chi connectivity index (χ3n) is 2.79. The molecule has 1 aliphatic carbocycles. The Hall–Kier alpha value is -1.04. The van der Waals surface area contributed by atoms with Crippen LogP contribution < -0.4 is 16.4 Å². The average Bonchev–Trinajstić information content (AvgIpc) is 2.17. The van der Waals surface area contributed by atoms with E-state index < -0.39 is 5.60 Å². The maximum atomic E-state index is 11.6. The van der Waals surface area contributed by atoms with Crippen LogP contribution in [-0.4, -0.2) is 28.9 Å².